The highest BCUT2D eigenvalue weighted by Gasteiger charge is 2.17. The van der Waals surface area contributed by atoms with Gasteiger partial charge >= 0.3 is 0 Å². The van der Waals surface area contributed by atoms with Crippen molar-refractivity contribution in [1.29, 1.82) is 0 Å². The first-order valence-corrected chi connectivity index (χ1v) is 10.1. The fourth-order valence-electron chi connectivity index (χ4n) is 2.18. The Bertz CT molecular complexity index is 1080. The van der Waals surface area contributed by atoms with Crippen LogP contribution in [0.2, 0.25) is 5.02 Å². The first-order chi connectivity index (χ1) is 11.8. The first-order valence-electron chi connectivity index (χ1n) is 7.03. The highest BCUT2D eigenvalue weighted by molar-refractivity contribution is 7.90. The zero-order valence-corrected chi connectivity index (χ0v) is 15.6. The second-order valence-electron chi connectivity index (χ2n) is 5.22. The van der Waals surface area contributed by atoms with Gasteiger partial charge in [0.15, 0.2) is 15.0 Å². The molecule has 0 aliphatic rings. The van der Waals surface area contributed by atoms with Crippen LogP contribution in [0.5, 0.6) is 5.75 Å². The van der Waals surface area contributed by atoms with E-state index >= 15 is 0 Å². The van der Waals surface area contributed by atoms with Crippen molar-refractivity contribution in [3.63, 3.8) is 0 Å². The minimum Gasteiger partial charge on any atom is -0.497 e. The summed E-state index contributed by atoms with van der Waals surface area (Å²) < 4.78 is 29.5. The van der Waals surface area contributed by atoms with Crippen LogP contribution in [0.25, 0.3) is 10.2 Å². The van der Waals surface area contributed by atoms with Crippen LogP contribution in [0.15, 0.2) is 41.3 Å². The van der Waals surface area contributed by atoms with E-state index in [1.807, 2.05) is 6.07 Å². The number of methoxy groups -OCH3 is 1. The Morgan fingerprint density at radius 1 is 1.24 bits per heavy atom. The number of carbonyl (C=O) groups excluding carboxylic acids is 1. The topological polar surface area (TPSA) is 85.4 Å². The van der Waals surface area contributed by atoms with Crippen LogP contribution in [-0.4, -0.2) is 32.7 Å². The van der Waals surface area contributed by atoms with E-state index in [-0.39, 0.29) is 15.5 Å². The number of ether oxygens (including phenoxy) is 1. The first kappa shape index (κ1) is 17.7. The molecule has 2 aromatic carbocycles. The summed E-state index contributed by atoms with van der Waals surface area (Å²) in [4.78, 5) is 16.6. The van der Waals surface area contributed by atoms with Gasteiger partial charge in [-0.2, -0.15) is 0 Å². The van der Waals surface area contributed by atoms with Crippen molar-refractivity contribution >= 4 is 54.0 Å². The second-order valence-corrected chi connectivity index (χ2v) is 8.65. The predicted octanol–water partition coefficient (Wildman–Crippen LogP) is 3.61. The molecule has 6 nitrogen and oxygen atoms in total. The number of nitrogens with zero attached hydrogens (tertiary/aromatic N) is 1. The molecule has 9 heteroatoms. The van der Waals surface area contributed by atoms with Crippen LogP contribution in [0.1, 0.15) is 10.4 Å². The number of nitrogens with one attached hydrogen (secondary N) is 1. The average Bonchev–Trinajstić information content (AvgIpc) is 2.95. The Hall–Kier alpha value is -2.16. The average molecular weight is 397 g/mol. The van der Waals surface area contributed by atoms with Crippen LogP contribution >= 0.6 is 22.9 Å². The molecule has 1 aromatic heterocycles. The Kier molecular flexibility index (Phi) is 4.68. The van der Waals surface area contributed by atoms with Crippen LogP contribution in [0.3, 0.4) is 0 Å². The summed E-state index contributed by atoms with van der Waals surface area (Å²) in [5.74, 6) is 0.233. The highest BCUT2D eigenvalue weighted by atomic mass is 35.5. The summed E-state index contributed by atoms with van der Waals surface area (Å²) in [5.41, 5.74) is 0.913. The van der Waals surface area contributed by atoms with Crippen molar-refractivity contribution in [3.8, 4) is 5.75 Å². The van der Waals surface area contributed by atoms with Gasteiger partial charge in [0.2, 0.25) is 0 Å². The maximum atomic E-state index is 12.4. The molecule has 1 amide bonds. The quantitative estimate of drug-likeness (QED) is 0.728. The number of rotatable bonds is 4. The third kappa shape index (κ3) is 3.76. The summed E-state index contributed by atoms with van der Waals surface area (Å²) in [6.45, 7) is 0. The van der Waals surface area contributed by atoms with Gasteiger partial charge in [-0.25, -0.2) is 13.4 Å². The van der Waals surface area contributed by atoms with Gasteiger partial charge in [-0.1, -0.05) is 22.9 Å². The molecular weight excluding hydrogens is 384 g/mol. The molecule has 3 aromatic rings. The van der Waals surface area contributed by atoms with E-state index in [1.54, 1.807) is 19.2 Å². The molecule has 25 heavy (non-hydrogen) atoms. The number of hydrogen-bond acceptors (Lipinski definition) is 6. The number of carbonyl (C=O) groups is 1. The molecule has 0 fully saturated rings. The Morgan fingerprint density at radius 3 is 2.68 bits per heavy atom. The molecule has 0 atom stereocenters. The van der Waals surface area contributed by atoms with Gasteiger partial charge in [0.05, 0.1) is 27.2 Å². The van der Waals surface area contributed by atoms with E-state index in [0.29, 0.717) is 10.9 Å². The lowest BCUT2D eigenvalue weighted by Crippen LogP contribution is -2.12. The number of hydrogen-bond donors (Lipinski definition) is 1. The smallest absolute Gasteiger partial charge is 0.257 e. The summed E-state index contributed by atoms with van der Waals surface area (Å²) in [7, 11) is -1.96. The maximum Gasteiger partial charge on any atom is 0.257 e. The standard InChI is InChI=1S/C16H13ClN2O4S2/c1-23-10-4-6-12-13(8-10)24-16(18-12)19-15(20)9-3-5-11(17)14(7-9)25(2,21)22/h3-8H,1-2H3,(H,18,19,20). The molecular formula is C16H13ClN2O4S2. The number of fused-ring (bicyclic) bond motifs is 1. The van der Waals surface area contributed by atoms with E-state index in [1.165, 1.54) is 29.5 Å². The SMILES string of the molecule is COc1ccc2nc(NC(=O)c3ccc(Cl)c(S(C)(=O)=O)c3)sc2c1. The van der Waals surface area contributed by atoms with Crippen molar-refractivity contribution in [3.05, 3.63) is 47.0 Å². The summed E-state index contributed by atoms with van der Waals surface area (Å²) in [6.07, 6.45) is 1.04. The number of amides is 1. The van der Waals surface area contributed by atoms with Crippen LogP contribution < -0.4 is 10.1 Å². The van der Waals surface area contributed by atoms with Gasteiger partial charge in [0.1, 0.15) is 5.75 Å². The molecule has 0 saturated carbocycles. The molecule has 130 valence electrons. The van der Waals surface area contributed by atoms with Crippen LogP contribution in [-0.2, 0) is 9.84 Å². The molecule has 0 unspecified atom stereocenters. The lowest BCUT2D eigenvalue weighted by Gasteiger charge is -2.06. The normalized spacial score (nSPS) is 11.5. The lowest BCUT2D eigenvalue weighted by molar-refractivity contribution is 0.102. The van der Waals surface area contributed by atoms with Crippen LogP contribution in [0, 0.1) is 0 Å². The second kappa shape index (κ2) is 6.62. The molecule has 0 saturated heterocycles. The van der Waals surface area contributed by atoms with Crippen molar-refractivity contribution in [2.24, 2.45) is 0 Å². The zero-order valence-electron chi connectivity index (χ0n) is 13.2. The van der Waals surface area contributed by atoms with Gasteiger partial charge in [-0.3, -0.25) is 10.1 Å². The van der Waals surface area contributed by atoms with Gasteiger partial charge < -0.3 is 4.74 Å². The monoisotopic (exact) mass is 396 g/mol. The Balaban J connectivity index is 1.90. The van der Waals surface area contributed by atoms with E-state index < -0.39 is 15.7 Å². The number of anilines is 1. The molecule has 3 rings (SSSR count). The van der Waals surface area contributed by atoms with Gasteiger partial charge in [-0.05, 0) is 36.4 Å². The Morgan fingerprint density at radius 2 is 2.00 bits per heavy atom. The van der Waals surface area contributed by atoms with Gasteiger partial charge in [0, 0.05) is 11.8 Å². The van der Waals surface area contributed by atoms with Crippen molar-refractivity contribution < 1.29 is 17.9 Å². The lowest BCUT2D eigenvalue weighted by atomic mass is 10.2. The summed E-state index contributed by atoms with van der Waals surface area (Å²) in [6, 6.07) is 9.50. The predicted molar refractivity (Wildman–Crippen MR) is 98.7 cm³/mol. The molecule has 1 N–H and O–H groups in total. The number of sulfone groups is 1. The fourth-order valence-corrected chi connectivity index (χ4v) is 4.37. The van der Waals surface area contributed by atoms with E-state index in [0.717, 1.165) is 16.5 Å². The van der Waals surface area contributed by atoms with E-state index in [2.05, 4.69) is 10.3 Å². The zero-order chi connectivity index (χ0) is 18.2. The minimum absolute atomic E-state index is 0.0751. The van der Waals surface area contributed by atoms with Gasteiger partial charge in [0.25, 0.3) is 5.91 Å². The third-order valence-corrected chi connectivity index (χ3v) is 5.92. The maximum absolute atomic E-state index is 12.4. The number of halogens is 1. The van der Waals surface area contributed by atoms with E-state index in [9.17, 15) is 13.2 Å². The fraction of sp³-hybridized carbons (Fsp3) is 0.125. The molecule has 0 spiro atoms. The molecule has 0 aliphatic carbocycles. The Labute approximate surface area is 153 Å². The van der Waals surface area contributed by atoms with Gasteiger partial charge in [-0.15, -0.1) is 0 Å². The summed E-state index contributed by atoms with van der Waals surface area (Å²) in [5, 5.41) is 3.15. The number of thiazole rings is 1. The summed E-state index contributed by atoms with van der Waals surface area (Å²) >= 11 is 7.19. The number of aromatic nitrogens is 1. The minimum atomic E-state index is -3.53. The van der Waals surface area contributed by atoms with Crippen molar-refractivity contribution in [2.45, 2.75) is 4.90 Å². The van der Waals surface area contributed by atoms with Crippen molar-refractivity contribution in [1.82, 2.24) is 4.98 Å². The third-order valence-electron chi connectivity index (χ3n) is 3.41. The molecule has 0 aliphatic heterocycles. The van der Waals surface area contributed by atoms with Crippen LogP contribution in [0.4, 0.5) is 5.13 Å². The molecule has 0 bridgehead atoms. The van der Waals surface area contributed by atoms with Crippen molar-refractivity contribution in [2.75, 3.05) is 18.7 Å². The highest BCUT2D eigenvalue weighted by Crippen LogP contribution is 2.30. The molecule has 1 heterocycles. The number of benzene rings is 2. The molecule has 0 radical (unpaired) electrons. The largest absolute Gasteiger partial charge is 0.497 e. The van der Waals surface area contributed by atoms with E-state index in [4.69, 9.17) is 16.3 Å².